The second-order valence-corrected chi connectivity index (χ2v) is 2.04. The summed E-state index contributed by atoms with van der Waals surface area (Å²) in [5, 5.41) is 0. The number of carbonyl (C=O) groups is 1. The van der Waals surface area contributed by atoms with Crippen LogP contribution in [0, 0.1) is 0 Å². The summed E-state index contributed by atoms with van der Waals surface area (Å²) < 4.78 is 4.47. The number of carbonyl (C=O) groups excluding carboxylic acids is 1. The molecule has 0 aliphatic heterocycles. The number of aromatic amines is 1. The van der Waals surface area contributed by atoms with Crippen molar-refractivity contribution in [3.8, 4) is 0 Å². The van der Waals surface area contributed by atoms with Crippen molar-refractivity contribution in [3.63, 3.8) is 0 Å². The van der Waals surface area contributed by atoms with Gasteiger partial charge in [-0.1, -0.05) is 0 Å². The molecular weight excluding hydrogens is 146 g/mol. The second kappa shape index (κ2) is 3.72. The van der Waals surface area contributed by atoms with Crippen molar-refractivity contribution in [2.24, 2.45) is 5.73 Å². The Labute approximate surface area is 63.6 Å². The van der Waals surface area contributed by atoms with Gasteiger partial charge in [0, 0.05) is 6.20 Å². The van der Waals surface area contributed by atoms with Gasteiger partial charge in [0.25, 0.3) is 6.47 Å². The Hall–Kier alpha value is -1.36. The molecular formula is C6H9N3O2. The van der Waals surface area contributed by atoms with E-state index >= 15 is 0 Å². The van der Waals surface area contributed by atoms with Crippen LogP contribution in [-0.2, 0) is 9.53 Å². The zero-order chi connectivity index (χ0) is 8.10. The van der Waals surface area contributed by atoms with Gasteiger partial charge in [-0.2, -0.15) is 0 Å². The van der Waals surface area contributed by atoms with Crippen LogP contribution in [0.4, 0.5) is 0 Å². The van der Waals surface area contributed by atoms with Gasteiger partial charge in [0.15, 0.2) is 0 Å². The highest BCUT2D eigenvalue weighted by Crippen LogP contribution is 2.03. The number of rotatable bonds is 4. The van der Waals surface area contributed by atoms with Gasteiger partial charge in [0.2, 0.25) is 0 Å². The number of nitrogens with one attached hydrogen (secondary N) is 1. The first-order valence-corrected chi connectivity index (χ1v) is 3.13. The minimum Gasteiger partial charge on any atom is -0.466 e. The molecule has 0 radical (unpaired) electrons. The fourth-order valence-corrected chi connectivity index (χ4v) is 0.702. The van der Waals surface area contributed by atoms with E-state index in [1.165, 1.54) is 6.33 Å². The van der Waals surface area contributed by atoms with Gasteiger partial charge in [-0.25, -0.2) is 4.98 Å². The standard InChI is InChI=1S/C6H9N3O2/c7-5(2-11-4-10)6-1-8-3-9-6/h1,3-5H,2,7H2,(H,8,9). The molecule has 0 aromatic carbocycles. The number of hydrogen-bond acceptors (Lipinski definition) is 4. The molecule has 1 rings (SSSR count). The van der Waals surface area contributed by atoms with Crippen molar-refractivity contribution in [1.82, 2.24) is 9.97 Å². The summed E-state index contributed by atoms with van der Waals surface area (Å²) >= 11 is 0. The number of hydrogen-bond donors (Lipinski definition) is 2. The van der Waals surface area contributed by atoms with E-state index in [1.807, 2.05) is 0 Å². The van der Waals surface area contributed by atoms with Gasteiger partial charge in [0.05, 0.1) is 18.1 Å². The van der Waals surface area contributed by atoms with E-state index < -0.39 is 0 Å². The Bertz CT molecular complexity index is 210. The van der Waals surface area contributed by atoms with Crippen LogP contribution in [-0.4, -0.2) is 23.0 Å². The van der Waals surface area contributed by atoms with Crippen LogP contribution in [0.3, 0.4) is 0 Å². The SMILES string of the molecule is NC(COC=O)c1cnc[nH]1. The van der Waals surface area contributed by atoms with Crippen molar-refractivity contribution in [3.05, 3.63) is 18.2 Å². The molecule has 0 aliphatic carbocycles. The van der Waals surface area contributed by atoms with Gasteiger partial charge in [-0.05, 0) is 0 Å². The number of nitrogens with two attached hydrogens (primary N) is 1. The van der Waals surface area contributed by atoms with E-state index in [2.05, 4.69) is 14.7 Å². The molecule has 0 fully saturated rings. The maximum Gasteiger partial charge on any atom is 0.293 e. The number of aromatic nitrogens is 2. The Morgan fingerprint density at radius 1 is 1.91 bits per heavy atom. The molecule has 3 N–H and O–H groups in total. The molecule has 1 heterocycles. The van der Waals surface area contributed by atoms with Gasteiger partial charge in [-0.3, -0.25) is 4.79 Å². The zero-order valence-electron chi connectivity index (χ0n) is 5.86. The van der Waals surface area contributed by atoms with Crippen LogP contribution < -0.4 is 5.73 Å². The Kier molecular flexibility index (Phi) is 2.62. The highest BCUT2D eigenvalue weighted by molar-refractivity contribution is 5.37. The molecule has 0 bridgehead atoms. The maximum absolute atomic E-state index is 9.78. The molecule has 1 atom stereocenters. The topological polar surface area (TPSA) is 81.0 Å². The second-order valence-electron chi connectivity index (χ2n) is 2.04. The van der Waals surface area contributed by atoms with Crippen molar-refractivity contribution in [1.29, 1.82) is 0 Å². The van der Waals surface area contributed by atoms with Crippen molar-refractivity contribution < 1.29 is 9.53 Å². The van der Waals surface area contributed by atoms with Crippen LogP contribution in [0.2, 0.25) is 0 Å². The minimum atomic E-state index is -0.317. The predicted molar refractivity (Wildman–Crippen MR) is 37.5 cm³/mol. The van der Waals surface area contributed by atoms with Crippen LogP contribution in [0.1, 0.15) is 11.7 Å². The molecule has 0 saturated heterocycles. The molecule has 0 saturated carbocycles. The summed E-state index contributed by atoms with van der Waals surface area (Å²) in [5.41, 5.74) is 6.33. The average molecular weight is 155 g/mol. The number of H-pyrrole nitrogens is 1. The van der Waals surface area contributed by atoms with Crippen molar-refractivity contribution >= 4 is 6.47 Å². The van der Waals surface area contributed by atoms with E-state index in [0.717, 1.165) is 5.69 Å². The van der Waals surface area contributed by atoms with Gasteiger partial charge < -0.3 is 15.5 Å². The average Bonchev–Trinajstić information content (AvgIpc) is 2.52. The lowest BCUT2D eigenvalue weighted by molar-refractivity contribution is -0.129. The summed E-state index contributed by atoms with van der Waals surface area (Å²) in [6.45, 7) is 0.544. The van der Waals surface area contributed by atoms with E-state index in [-0.39, 0.29) is 12.6 Å². The molecule has 5 heteroatoms. The molecule has 0 aliphatic rings. The predicted octanol–water partition coefficient (Wildman–Crippen LogP) is -0.418. The fraction of sp³-hybridized carbons (Fsp3) is 0.333. The minimum absolute atomic E-state index is 0.172. The molecule has 1 aromatic heterocycles. The zero-order valence-corrected chi connectivity index (χ0v) is 5.86. The molecule has 60 valence electrons. The smallest absolute Gasteiger partial charge is 0.293 e. The first-order valence-electron chi connectivity index (χ1n) is 3.13. The first kappa shape index (κ1) is 7.74. The Balaban J connectivity index is 2.42. The number of nitrogens with zero attached hydrogens (tertiary/aromatic N) is 1. The third kappa shape index (κ3) is 2.05. The fourth-order valence-electron chi connectivity index (χ4n) is 0.702. The third-order valence-electron chi connectivity index (χ3n) is 1.26. The lowest BCUT2D eigenvalue weighted by atomic mass is 10.2. The van der Waals surface area contributed by atoms with Crippen molar-refractivity contribution in [2.75, 3.05) is 6.61 Å². The molecule has 11 heavy (non-hydrogen) atoms. The number of ether oxygens (including phenoxy) is 1. The lowest BCUT2D eigenvalue weighted by Gasteiger charge is -2.05. The van der Waals surface area contributed by atoms with E-state index in [4.69, 9.17) is 5.73 Å². The molecule has 1 unspecified atom stereocenters. The lowest BCUT2D eigenvalue weighted by Crippen LogP contribution is -2.16. The number of imidazole rings is 1. The van der Waals surface area contributed by atoms with Crippen molar-refractivity contribution in [2.45, 2.75) is 6.04 Å². The summed E-state index contributed by atoms with van der Waals surface area (Å²) in [4.78, 5) is 16.4. The van der Waals surface area contributed by atoms with E-state index in [9.17, 15) is 4.79 Å². The van der Waals surface area contributed by atoms with E-state index in [1.54, 1.807) is 6.20 Å². The van der Waals surface area contributed by atoms with Gasteiger partial charge in [0.1, 0.15) is 6.61 Å². The van der Waals surface area contributed by atoms with E-state index in [0.29, 0.717) is 6.47 Å². The highest BCUT2D eigenvalue weighted by atomic mass is 16.5. The monoisotopic (exact) mass is 155 g/mol. The Morgan fingerprint density at radius 3 is 3.27 bits per heavy atom. The summed E-state index contributed by atoms with van der Waals surface area (Å²) in [7, 11) is 0. The summed E-state index contributed by atoms with van der Waals surface area (Å²) in [5.74, 6) is 0. The maximum atomic E-state index is 9.78. The largest absolute Gasteiger partial charge is 0.466 e. The quantitative estimate of drug-likeness (QED) is 0.579. The molecule has 0 spiro atoms. The van der Waals surface area contributed by atoms with Gasteiger partial charge in [-0.15, -0.1) is 0 Å². The highest BCUT2D eigenvalue weighted by Gasteiger charge is 2.06. The first-order chi connectivity index (χ1) is 5.34. The molecule has 1 aromatic rings. The molecule has 5 nitrogen and oxygen atoms in total. The van der Waals surface area contributed by atoms with Gasteiger partial charge >= 0.3 is 0 Å². The molecule has 0 amide bonds. The van der Waals surface area contributed by atoms with Crippen LogP contribution >= 0.6 is 0 Å². The third-order valence-corrected chi connectivity index (χ3v) is 1.26. The summed E-state index contributed by atoms with van der Waals surface area (Å²) in [6.07, 6.45) is 3.12. The summed E-state index contributed by atoms with van der Waals surface area (Å²) in [6, 6.07) is -0.317. The normalized spacial score (nSPS) is 12.5. The Morgan fingerprint density at radius 2 is 2.73 bits per heavy atom. The van der Waals surface area contributed by atoms with Crippen LogP contribution in [0.15, 0.2) is 12.5 Å². The van der Waals surface area contributed by atoms with Crippen LogP contribution in [0.25, 0.3) is 0 Å². The van der Waals surface area contributed by atoms with Crippen LogP contribution in [0.5, 0.6) is 0 Å².